The van der Waals surface area contributed by atoms with E-state index in [1.807, 2.05) is 45.0 Å². The van der Waals surface area contributed by atoms with Crippen LogP contribution in [0.3, 0.4) is 0 Å². The molecule has 2 heterocycles. The minimum Gasteiger partial charge on any atom is -0.373 e. The highest BCUT2D eigenvalue weighted by Gasteiger charge is 2.33. The maximum absolute atomic E-state index is 13.1. The molecule has 3 atom stereocenters. The quantitative estimate of drug-likeness (QED) is 0.774. The van der Waals surface area contributed by atoms with Crippen LogP contribution in [0.15, 0.2) is 53.4 Å². The summed E-state index contributed by atoms with van der Waals surface area (Å²) in [6.07, 6.45) is 0.527. The Balaban J connectivity index is 1.57. The summed E-state index contributed by atoms with van der Waals surface area (Å²) in [7, 11) is -3.62. The number of carbonyl (C=O) groups is 1. The molecule has 2 aliphatic rings. The molecule has 7 heteroatoms. The third kappa shape index (κ3) is 3.70. The van der Waals surface area contributed by atoms with Crippen LogP contribution in [0.5, 0.6) is 0 Å². The Hall–Kier alpha value is -2.22. The van der Waals surface area contributed by atoms with Crippen LogP contribution in [0.25, 0.3) is 0 Å². The van der Waals surface area contributed by atoms with Crippen LogP contribution < -0.4 is 4.90 Å². The van der Waals surface area contributed by atoms with Crippen molar-refractivity contribution in [2.75, 3.05) is 18.0 Å². The number of benzene rings is 2. The zero-order valence-corrected chi connectivity index (χ0v) is 17.7. The third-order valence-corrected chi connectivity index (χ3v) is 7.40. The number of morpholine rings is 1. The van der Waals surface area contributed by atoms with Crippen molar-refractivity contribution in [3.8, 4) is 0 Å². The van der Waals surface area contributed by atoms with Crippen LogP contribution in [-0.4, -0.2) is 50.0 Å². The van der Waals surface area contributed by atoms with Gasteiger partial charge in [-0.2, -0.15) is 4.31 Å². The largest absolute Gasteiger partial charge is 0.373 e. The van der Waals surface area contributed by atoms with E-state index in [9.17, 15) is 13.2 Å². The number of rotatable bonds is 3. The number of ether oxygens (including phenoxy) is 1. The molecule has 1 fully saturated rings. The Kier molecular flexibility index (Phi) is 5.23. The topological polar surface area (TPSA) is 66.9 Å². The molecule has 0 N–H and O–H groups in total. The molecule has 154 valence electrons. The number of nitrogens with zero attached hydrogens (tertiary/aromatic N) is 2. The Morgan fingerprint density at radius 2 is 1.59 bits per heavy atom. The Morgan fingerprint density at radius 3 is 2.24 bits per heavy atom. The van der Waals surface area contributed by atoms with Crippen LogP contribution in [0, 0.1) is 0 Å². The van der Waals surface area contributed by atoms with E-state index < -0.39 is 10.0 Å². The van der Waals surface area contributed by atoms with Crippen molar-refractivity contribution in [1.82, 2.24) is 4.31 Å². The normalized spacial score (nSPS) is 25.1. The number of carbonyl (C=O) groups excluding carboxylic acids is 1. The summed E-state index contributed by atoms with van der Waals surface area (Å²) in [4.78, 5) is 15.1. The molecule has 4 rings (SSSR count). The van der Waals surface area contributed by atoms with Gasteiger partial charge in [-0.05, 0) is 63.1 Å². The summed E-state index contributed by atoms with van der Waals surface area (Å²) in [5.41, 5.74) is 2.57. The summed E-state index contributed by atoms with van der Waals surface area (Å²) >= 11 is 0. The predicted molar refractivity (Wildman–Crippen MR) is 112 cm³/mol. The van der Waals surface area contributed by atoms with Gasteiger partial charge >= 0.3 is 0 Å². The van der Waals surface area contributed by atoms with Gasteiger partial charge in [-0.1, -0.05) is 18.2 Å². The average Bonchev–Trinajstić information content (AvgIpc) is 3.02. The fraction of sp³-hybridized carbons (Fsp3) is 0.409. The first-order valence-electron chi connectivity index (χ1n) is 9.94. The Labute approximate surface area is 172 Å². The van der Waals surface area contributed by atoms with Crippen LogP contribution >= 0.6 is 0 Å². The maximum Gasteiger partial charge on any atom is 0.258 e. The maximum atomic E-state index is 13.1. The zero-order valence-electron chi connectivity index (χ0n) is 16.9. The second-order valence-corrected chi connectivity index (χ2v) is 9.90. The van der Waals surface area contributed by atoms with Crippen molar-refractivity contribution in [3.05, 3.63) is 59.7 Å². The van der Waals surface area contributed by atoms with Crippen LogP contribution in [-0.2, 0) is 21.2 Å². The van der Waals surface area contributed by atoms with E-state index in [0.717, 1.165) is 17.7 Å². The molecule has 0 unspecified atom stereocenters. The van der Waals surface area contributed by atoms with E-state index in [0.29, 0.717) is 18.7 Å². The summed E-state index contributed by atoms with van der Waals surface area (Å²) in [5, 5.41) is 0. The number of hydrogen-bond donors (Lipinski definition) is 0. The predicted octanol–water partition coefficient (Wildman–Crippen LogP) is 3.08. The van der Waals surface area contributed by atoms with Gasteiger partial charge in [0.1, 0.15) is 0 Å². The molecule has 0 bridgehead atoms. The highest BCUT2D eigenvalue weighted by Crippen LogP contribution is 2.33. The molecule has 2 aliphatic heterocycles. The van der Waals surface area contributed by atoms with Crippen molar-refractivity contribution >= 4 is 21.6 Å². The molecule has 29 heavy (non-hydrogen) atoms. The molecule has 1 amide bonds. The lowest BCUT2D eigenvalue weighted by molar-refractivity contribution is -0.0440. The minimum absolute atomic E-state index is 0.0691. The van der Waals surface area contributed by atoms with Gasteiger partial charge in [0.2, 0.25) is 10.0 Å². The van der Waals surface area contributed by atoms with Crippen molar-refractivity contribution in [1.29, 1.82) is 0 Å². The number of amides is 1. The minimum atomic E-state index is -3.62. The van der Waals surface area contributed by atoms with Crippen molar-refractivity contribution in [3.63, 3.8) is 0 Å². The smallest absolute Gasteiger partial charge is 0.258 e. The molecular weight excluding hydrogens is 388 g/mol. The lowest BCUT2D eigenvalue weighted by atomic mass is 10.1. The van der Waals surface area contributed by atoms with E-state index in [-0.39, 0.29) is 29.1 Å². The molecule has 6 nitrogen and oxygen atoms in total. The number of hydrogen-bond acceptors (Lipinski definition) is 4. The average molecular weight is 415 g/mol. The molecule has 0 radical (unpaired) electrons. The standard InChI is InChI=1S/C22H26N2O4S/c1-15-12-19-6-4-5-7-21(19)24(15)22(25)18-8-10-20(11-9-18)29(26,27)23-13-16(2)28-17(3)14-23/h4-11,15-17H,12-14H2,1-3H3/t15-,16+,17+/m1/s1. The molecule has 0 spiro atoms. The van der Waals surface area contributed by atoms with Crippen LogP contribution in [0.4, 0.5) is 5.69 Å². The van der Waals surface area contributed by atoms with E-state index in [1.54, 1.807) is 17.0 Å². The van der Waals surface area contributed by atoms with Gasteiger partial charge in [0, 0.05) is 30.4 Å². The first-order valence-corrected chi connectivity index (χ1v) is 11.4. The van der Waals surface area contributed by atoms with Crippen LogP contribution in [0.2, 0.25) is 0 Å². The van der Waals surface area contributed by atoms with Crippen molar-refractivity contribution in [2.24, 2.45) is 0 Å². The Morgan fingerprint density at radius 1 is 0.966 bits per heavy atom. The van der Waals surface area contributed by atoms with E-state index in [2.05, 4.69) is 0 Å². The van der Waals surface area contributed by atoms with Gasteiger partial charge in [0.25, 0.3) is 5.91 Å². The number of fused-ring (bicyclic) bond motifs is 1. The van der Waals surface area contributed by atoms with Crippen LogP contribution in [0.1, 0.15) is 36.7 Å². The first-order chi connectivity index (χ1) is 13.8. The van der Waals surface area contributed by atoms with E-state index >= 15 is 0 Å². The summed E-state index contributed by atoms with van der Waals surface area (Å²) in [6, 6.07) is 14.2. The SMILES string of the molecule is C[C@@H]1Cc2ccccc2N1C(=O)c1ccc(S(=O)(=O)N2C[C@H](C)O[C@@H](C)C2)cc1. The van der Waals surface area contributed by atoms with Gasteiger partial charge in [-0.25, -0.2) is 8.42 Å². The Bertz CT molecular complexity index is 1010. The highest BCUT2D eigenvalue weighted by atomic mass is 32.2. The number of anilines is 1. The zero-order chi connectivity index (χ0) is 20.8. The summed E-state index contributed by atoms with van der Waals surface area (Å²) < 4.78 is 33.1. The second kappa shape index (κ2) is 7.55. The van der Waals surface area contributed by atoms with Gasteiger partial charge in [-0.15, -0.1) is 0 Å². The number of para-hydroxylation sites is 1. The highest BCUT2D eigenvalue weighted by molar-refractivity contribution is 7.89. The monoisotopic (exact) mass is 414 g/mol. The summed E-state index contributed by atoms with van der Waals surface area (Å²) in [6.45, 7) is 6.42. The third-order valence-electron chi connectivity index (χ3n) is 5.55. The number of sulfonamides is 1. The molecular formula is C22H26N2O4S. The fourth-order valence-electron chi connectivity index (χ4n) is 4.26. The van der Waals surface area contributed by atoms with Gasteiger partial charge < -0.3 is 9.64 Å². The summed E-state index contributed by atoms with van der Waals surface area (Å²) in [5.74, 6) is -0.111. The fourth-order valence-corrected chi connectivity index (χ4v) is 5.85. The molecule has 2 aromatic rings. The molecule has 1 saturated heterocycles. The molecule has 0 aliphatic carbocycles. The van der Waals surface area contributed by atoms with Crippen molar-refractivity contribution in [2.45, 2.75) is 50.3 Å². The molecule has 2 aromatic carbocycles. The van der Waals surface area contributed by atoms with Crippen molar-refractivity contribution < 1.29 is 17.9 Å². The van der Waals surface area contributed by atoms with Gasteiger partial charge in [-0.3, -0.25) is 4.79 Å². The molecule has 0 saturated carbocycles. The first kappa shape index (κ1) is 20.1. The molecule has 0 aromatic heterocycles. The second-order valence-electron chi connectivity index (χ2n) is 7.96. The lowest BCUT2D eigenvalue weighted by Gasteiger charge is -2.34. The van der Waals surface area contributed by atoms with Gasteiger partial charge in [0.15, 0.2) is 0 Å². The van der Waals surface area contributed by atoms with E-state index in [4.69, 9.17) is 4.74 Å². The van der Waals surface area contributed by atoms with E-state index in [1.165, 1.54) is 16.4 Å². The van der Waals surface area contributed by atoms with Gasteiger partial charge in [0.05, 0.1) is 17.1 Å². The lowest BCUT2D eigenvalue weighted by Crippen LogP contribution is -2.48.